The SMILES string of the molecule is O=S(=O)(c1ccc(Cl)cc1)[C@@H]1CCNC1. The molecule has 0 spiro atoms. The minimum absolute atomic E-state index is 0.293. The molecule has 1 atom stereocenters. The van der Waals surface area contributed by atoms with Crippen molar-refractivity contribution < 1.29 is 8.42 Å². The monoisotopic (exact) mass is 245 g/mol. The van der Waals surface area contributed by atoms with E-state index in [9.17, 15) is 8.42 Å². The summed E-state index contributed by atoms with van der Waals surface area (Å²) >= 11 is 5.71. The fourth-order valence-electron chi connectivity index (χ4n) is 1.71. The van der Waals surface area contributed by atoms with E-state index in [4.69, 9.17) is 11.6 Å². The topological polar surface area (TPSA) is 46.2 Å². The summed E-state index contributed by atoms with van der Waals surface area (Å²) in [6, 6.07) is 6.35. The first-order valence-corrected chi connectivity index (χ1v) is 6.73. The van der Waals surface area contributed by atoms with Crippen molar-refractivity contribution >= 4 is 21.4 Å². The Kier molecular flexibility index (Phi) is 3.00. The molecule has 0 aliphatic carbocycles. The molecule has 5 heteroatoms. The fourth-order valence-corrected chi connectivity index (χ4v) is 3.50. The van der Waals surface area contributed by atoms with Crippen molar-refractivity contribution in [3.05, 3.63) is 29.3 Å². The van der Waals surface area contributed by atoms with Crippen molar-refractivity contribution in [3.63, 3.8) is 0 Å². The van der Waals surface area contributed by atoms with E-state index >= 15 is 0 Å². The third-order valence-corrected chi connectivity index (χ3v) is 5.06. The van der Waals surface area contributed by atoms with Crippen LogP contribution >= 0.6 is 11.6 Å². The largest absolute Gasteiger partial charge is 0.315 e. The maximum atomic E-state index is 12.1. The Hall–Kier alpha value is -0.580. The van der Waals surface area contributed by atoms with Gasteiger partial charge in [0.25, 0.3) is 0 Å². The molecule has 0 radical (unpaired) electrons. The van der Waals surface area contributed by atoms with Gasteiger partial charge in [0.05, 0.1) is 10.1 Å². The van der Waals surface area contributed by atoms with Crippen LogP contribution in [0.1, 0.15) is 6.42 Å². The molecule has 82 valence electrons. The van der Waals surface area contributed by atoms with Crippen LogP contribution in [-0.2, 0) is 9.84 Å². The molecule has 2 rings (SSSR count). The summed E-state index contributed by atoms with van der Waals surface area (Å²) in [6.07, 6.45) is 0.685. The molecule has 1 saturated heterocycles. The van der Waals surface area contributed by atoms with Gasteiger partial charge in [-0.05, 0) is 37.2 Å². The van der Waals surface area contributed by atoms with E-state index < -0.39 is 9.84 Å². The van der Waals surface area contributed by atoms with E-state index in [0.717, 1.165) is 6.54 Å². The molecular weight excluding hydrogens is 234 g/mol. The van der Waals surface area contributed by atoms with E-state index in [1.807, 2.05) is 0 Å². The molecular formula is C10H12ClNO2S. The van der Waals surface area contributed by atoms with Gasteiger partial charge in [-0.3, -0.25) is 0 Å². The number of nitrogens with one attached hydrogen (secondary N) is 1. The van der Waals surface area contributed by atoms with E-state index in [1.54, 1.807) is 24.3 Å². The van der Waals surface area contributed by atoms with Crippen molar-refractivity contribution in [3.8, 4) is 0 Å². The zero-order valence-corrected chi connectivity index (χ0v) is 9.68. The second-order valence-electron chi connectivity index (χ2n) is 3.61. The van der Waals surface area contributed by atoms with E-state index in [1.165, 1.54) is 0 Å². The number of sulfone groups is 1. The van der Waals surface area contributed by atoms with E-state index in [2.05, 4.69) is 5.32 Å². The Morgan fingerprint density at radius 3 is 2.47 bits per heavy atom. The van der Waals surface area contributed by atoms with E-state index in [0.29, 0.717) is 22.9 Å². The number of hydrogen-bond donors (Lipinski definition) is 1. The minimum Gasteiger partial charge on any atom is -0.315 e. The summed E-state index contributed by atoms with van der Waals surface area (Å²) < 4.78 is 24.1. The molecule has 0 amide bonds. The Bertz CT molecular complexity index is 435. The van der Waals surface area contributed by atoms with Crippen molar-refractivity contribution in [1.82, 2.24) is 5.32 Å². The molecule has 0 aromatic heterocycles. The summed E-state index contributed by atoms with van der Waals surface area (Å²) in [6.45, 7) is 1.32. The Morgan fingerprint density at radius 1 is 1.27 bits per heavy atom. The molecule has 0 unspecified atom stereocenters. The third-order valence-electron chi connectivity index (χ3n) is 2.60. The summed E-state index contributed by atoms with van der Waals surface area (Å²) in [5.41, 5.74) is 0. The lowest BCUT2D eigenvalue weighted by molar-refractivity contribution is 0.583. The highest BCUT2D eigenvalue weighted by Gasteiger charge is 2.29. The summed E-state index contributed by atoms with van der Waals surface area (Å²) in [5.74, 6) is 0. The van der Waals surface area contributed by atoms with Crippen LogP contribution in [0.5, 0.6) is 0 Å². The summed E-state index contributed by atoms with van der Waals surface area (Å²) in [5, 5.41) is 3.32. The first-order valence-electron chi connectivity index (χ1n) is 4.81. The predicted octanol–water partition coefficient (Wildman–Crippen LogP) is 1.48. The van der Waals surface area contributed by atoms with Crippen molar-refractivity contribution in [2.45, 2.75) is 16.6 Å². The average Bonchev–Trinajstić information content (AvgIpc) is 2.71. The highest BCUT2D eigenvalue weighted by atomic mass is 35.5. The van der Waals surface area contributed by atoms with Gasteiger partial charge in [-0.15, -0.1) is 0 Å². The lowest BCUT2D eigenvalue weighted by atomic mass is 10.4. The van der Waals surface area contributed by atoms with E-state index in [-0.39, 0.29) is 5.25 Å². The average molecular weight is 246 g/mol. The Balaban J connectivity index is 2.32. The highest BCUT2D eigenvalue weighted by molar-refractivity contribution is 7.92. The van der Waals surface area contributed by atoms with Crippen LogP contribution in [0, 0.1) is 0 Å². The summed E-state index contributed by atoms with van der Waals surface area (Å²) in [7, 11) is -3.18. The Morgan fingerprint density at radius 2 is 1.93 bits per heavy atom. The second kappa shape index (κ2) is 4.12. The van der Waals surface area contributed by atoms with Gasteiger partial charge in [0.2, 0.25) is 0 Å². The van der Waals surface area contributed by atoms with Crippen molar-refractivity contribution in [1.29, 1.82) is 0 Å². The van der Waals surface area contributed by atoms with Crippen LogP contribution in [0.15, 0.2) is 29.2 Å². The Labute approximate surface area is 94.4 Å². The van der Waals surface area contributed by atoms with Gasteiger partial charge in [-0.25, -0.2) is 8.42 Å². The first kappa shape index (κ1) is 10.9. The first-order chi connectivity index (χ1) is 7.10. The van der Waals surface area contributed by atoms with Crippen LogP contribution in [0.4, 0.5) is 0 Å². The van der Waals surface area contributed by atoms with Crippen LogP contribution in [-0.4, -0.2) is 26.8 Å². The van der Waals surface area contributed by atoms with Crippen LogP contribution in [0.3, 0.4) is 0 Å². The third kappa shape index (κ3) is 2.17. The molecule has 1 aliphatic heterocycles. The molecule has 1 aromatic rings. The van der Waals surface area contributed by atoms with Crippen LogP contribution in [0.2, 0.25) is 5.02 Å². The fraction of sp³-hybridized carbons (Fsp3) is 0.400. The van der Waals surface area contributed by atoms with Gasteiger partial charge in [0.1, 0.15) is 0 Å². The molecule has 0 bridgehead atoms. The van der Waals surface area contributed by atoms with Gasteiger partial charge in [-0.2, -0.15) is 0 Å². The zero-order valence-electron chi connectivity index (χ0n) is 8.11. The number of halogens is 1. The number of benzene rings is 1. The van der Waals surface area contributed by atoms with Gasteiger partial charge in [0.15, 0.2) is 9.84 Å². The predicted molar refractivity (Wildman–Crippen MR) is 59.9 cm³/mol. The van der Waals surface area contributed by atoms with Gasteiger partial charge < -0.3 is 5.32 Å². The zero-order chi connectivity index (χ0) is 10.9. The van der Waals surface area contributed by atoms with Crippen molar-refractivity contribution in [2.75, 3.05) is 13.1 Å². The molecule has 1 aromatic carbocycles. The van der Waals surface area contributed by atoms with Gasteiger partial charge in [-0.1, -0.05) is 11.6 Å². The quantitative estimate of drug-likeness (QED) is 0.859. The van der Waals surface area contributed by atoms with Crippen molar-refractivity contribution in [2.24, 2.45) is 0 Å². The smallest absolute Gasteiger partial charge is 0.182 e. The van der Waals surface area contributed by atoms with Gasteiger partial charge in [0, 0.05) is 11.6 Å². The normalized spacial score (nSPS) is 21.8. The standard InChI is InChI=1S/C10H12ClNO2S/c11-8-1-3-9(4-2-8)15(13,14)10-5-6-12-7-10/h1-4,10,12H,5-7H2/t10-/m1/s1. The molecule has 3 nitrogen and oxygen atoms in total. The lowest BCUT2D eigenvalue weighted by Crippen LogP contribution is -2.23. The van der Waals surface area contributed by atoms with Crippen LogP contribution in [0.25, 0.3) is 0 Å². The molecule has 1 fully saturated rings. The molecule has 1 heterocycles. The maximum Gasteiger partial charge on any atom is 0.182 e. The maximum absolute atomic E-state index is 12.1. The number of hydrogen-bond acceptors (Lipinski definition) is 3. The molecule has 15 heavy (non-hydrogen) atoms. The number of rotatable bonds is 2. The minimum atomic E-state index is -3.18. The molecule has 1 N–H and O–H groups in total. The highest BCUT2D eigenvalue weighted by Crippen LogP contribution is 2.21. The van der Waals surface area contributed by atoms with Crippen LogP contribution < -0.4 is 5.32 Å². The molecule has 0 saturated carbocycles. The lowest BCUT2D eigenvalue weighted by Gasteiger charge is -2.10. The summed E-state index contributed by atoms with van der Waals surface area (Å²) in [4.78, 5) is 0.362. The second-order valence-corrected chi connectivity index (χ2v) is 6.28. The molecule has 1 aliphatic rings. The van der Waals surface area contributed by atoms with Gasteiger partial charge >= 0.3 is 0 Å².